The van der Waals surface area contributed by atoms with E-state index in [1.807, 2.05) is 0 Å². The highest BCUT2D eigenvalue weighted by molar-refractivity contribution is 4.80. The van der Waals surface area contributed by atoms with Crippen LogP contribution in [-0.4, -0.2) is 23.9 Å². The van der Waals surface area contributed by atoms with Gasteiger partial charge in [0.15, 0.2) is 0 Å². The van der Waals surface area contributed by atoms with Crippen LogP contribution in [0.4, 0.5) is 0 Å². The average molecular weight is 142 g/mol. The van der Waals surface area contributed by atoms with Crippen LogP contribution in [0.25, 0.3) is 0 Å². The average Bonchev–Trinajstić information content (AvgIpc) is 2.38. The summed E-state index contributed by atoms with van der Waals surface area (Å²) in [6, 6.07) is 0. The number of ether oxygens (including phenoxy) is 1. The van der Waals surface area contributed by atoms with Gasteiger partial charge in [0, 0.05) is 6.61 Å². The highest BCUT2D eigenvalue weighted by Crippen LogP contribution is 2.17. The molecule has 1 unspecified atom stereocenters. The van der Waals surface area contributed by atoms with Gasteiger partial charge < -0.3 is 9.84 Å². The number of aliphatic hydroxyl groups excluding tert-OH is 1. The molecule has 58 valence electrons. The molecule has 0 spiro atoms. The SMILES string of the molecule is C=CCC(O)[C@@H]1CCCO1. The first-order valence-corrected chi connectivity index (χ1v) is 3.75. The molecule has 2 atom stereocenters. The van der Waals surface area contributed by atoms with Gasteiger partial charge in [-0.2, -0.15) is 0 Å². The van der Waals surface area contributed by atoms with Gasteiger partial charge in [0.25, 0.3) is 0 Å². The van der Waals surface area contributed by atoms with Crippen molar-refractivity contribution in [1.82, 2.24) is 0 Å². The van der Waals surface area contributed by atoms with E-state index < -0.39 is 0 Å². The minimum Gasteiger partial charge on any atom is -0.390 e. The van der Waals surface area contributed by atoms with E-state index >= 15 is 0 Å². The van der Waals surface area contributed by atoms with Gasteiger partial charge >= 0.3 is 0 Å². The number of rotatable bonds is 3. The second kappa shape index (κ2) is 3.74. The van der Waals surface area contributed by atoms with Crippen molar-refractivity contribution in [1.29, 1.82) is 0 Å². The molecule has 0 aliphatic carbocycles. The lowest BCUT2D eigenvalue weighted by Crippen LogP contribution is -2.24. The highest BCUT2D eigenvalue weighted by Gasteiger charge is 2.22. The normalized spacial score (nSPS) is 28.3. The Bertz CT molecular complexity index is 106. The maximum Gasteiger partial charge on any atom is 0.0837 e. The molecule has 1 fully saturated rings. The maximum atomic E-state index is 9.35. The van der Waals surface area contributed by atoms with Crippen molar-refractivity contribution >= 4 is 0 Å². The molecule has 1 saturated heterocycles. The van der Waals surface area contributed by atoms with Gasteiger partial charge in [-0.3, -0.25) is 0 Å². The molecule has 0 aromatic heterocycles. The molecular formula is C8H14O2. The van der Waals surface area contributed by atoms with Gasteiger partial charge in [0.2, 0.25) is 0 Å². The third kappa shape index (κ3) is 1.82. The van der Waals surface area contributed by atoms with Crippen LogP contribution in [0.3, 0.4) is 0 Å². The summed E-state index contributed by atoms with van der Waals surface area (Å²) in [5.41, 5.74) is 0. The van der Waals surface area contributed by atoms with E-state index in [1.165, 1.54) is 0 Å². The summed E-state index contributed by atoms with van der Waals surface area (Å²) in [6.07, 6.45) is 4.18. The Hall–Kier alpha value is -0.340. The fourth-order valence-corrected chi connectivity index (χ4v) is 1.23. The van der Waals surface area contributed by atoms with Gasteiger partial charge in [-0.25, -0.2) is 0 Å². The third-order valence-electron chi connectivity index (χ3n) is 1.80. The molecule has 1 heterocycles. The van der Waals surface area contributed by atoms with E-state index in [-0.39, 0.29) is 12.2 Å². The molecule has 1 aliphatic heterocycles. The summed E-state index contributed by atoms with van der Waals surface area (Å²) in [5.74, 6) is 0. The number of aliphatic hydroxyl groups is 1. The Morgan fingerprint density at radius 3 is 3.10 bits per heavy atom. The van der Waals surface area contributed by atoms with E-state index in [1.54, 1.807) is 6.08 Å². The van der Waals surface area contributed by atoms with Crippen molar-refractivity contribution in [3.05, 3.63) is 12.7 Å². The molecule has 0 aromatic rings. The van der Waals surface area contributed by atoms with Gasteiger partial charge in [0.1, 0.15) is 0 Å². The van der Waals surface area contributed by atoms with Crippen molar-refractivity contribution in [2.45, 2.75) is 31.5 Å². The van der Waals surface area contributed by atoms with Crippen LogP contribution in [0.2, 0.25) is 0 Å². The quantitative estimate of drug-likeness (QED) is 0.598. The Morgan fingerprint density at radius 1 is 1.80 bits per heavy atom. The molecule has 10 heavy (non-hydrogen) atoms. The zero-order chi connectivity index (χ0) is 7.40. The summed E-state index contributed by atoms with van der Waals surface area (Å²) < 4.78 is 5.27. The molecule has 0 radical (unpaired) electrons. The van der Waals surface area contributed by atoms with E-state index in [9.17, 15) is 5.11 Å². The van der Waals surface area contributed by atoms with E-state index in [0.29, 0.717) is 6.42 Å². The lowest BCUT2D eigenvalue weighted by molar-refractivity contribution is 0.000581. The van der Waals surface area contributed by atoms with Crippen LogP contribution < -0.4 is 0 Å². The van der Waals surface area contributed by atoms with E-state index in [4.69, 9.17) is 4.74 Å². The largest absolute Gasteiger partial charge is 0.390 e. The molecule has 1 aliphatic rings. The molecule has 0 amide bonds. The van der Waals surface area contributed by atoms with Crippen LogP contribution in [0.1, 0.15) is 19.3 Å². The second-order valence-electron chi connectivity index (χ2n) is 2.64. The predicted molar refractivity (Wildman–Crippen MR) is 39.8 cm³/mol. The third-order valence-corrected chi connectivity index (χ3v) is 1.80. The summed E-state index contributed by atoms with van der Waals surface area (Å²) in [5, 5.41) is 9.35. The smallest absolute Gasteiger partial charge is 0.0837 e. The van der Waals surface area contributed by atoms with Gasteiger partial charge in [0.05, 0.1) is 12.2 Å². The van der Waals surface area contributed by atoms with Crippen LogP contribution in [-0.2, 0) is 4.74 Å². The van der Waals surface area contributed by atoms with Gasteiger partial charge in [-0.05, 0) is 19.3 Å². The molecule has 2 nitrogen and oxygen atoms in total. The maximum absolute atomic E-state index is 9.35. The Balaban J connectivity index is 2.24. The topological polar surface area (TPSA) is 29.5 Å². The highest BCUT2D eigenvalue weighted by atomic mass is 16.5. The fraction of sp³-hybridized carbons (Fsp3) is 0.750. The minimum absolute atomic E-state index is 0.0676. The Morgan fingerprint density at radius 2 is 2.60 bits per heavy atom. The second-order valence-corrected chi connectivity index (χ2v) is 2.64. The van der Waals surface area contributed by atoms with Crippen molar-refractivity contribution in [2.75, 3.05) is 6.61 Å². The molecule has 0 bridgehead atoms. The fourth-order valence-electron chi connectivity index (χ4n) is 1.23. The number of hydrogen-bond donors (Lipinski definition) is 1. The lowest BCUT2D eigenvalue weighted by atomic mass is 10.1. The monoisotopic (exact) mass is 142 g/mol. The van der Waals surface area contributed by atoms with E-state index in [2.05, 4.69) is 6.58 Å². The van der Waals surface area contributed by atoms with Gasteiger partial charge in [-0.15, -0.1) is 6.58 Å². The predicted octanol–water partition coefficient (Wildman–Crippen LogP) is 1.10. The van der Waals surface area contributed by atoms with Gasteiger partial charge in [-0.1, -0.05) is 6.08 Å². The number of hydrogen-bond acceptors (Lipinski definition) is 2. The standard InChI is InChI=1S/C8H14O2/c1-2-4-7(9)8-5-3-6-10-8/h2,7-9H,1,3-6H2/t7?,8-/m0/s1. The molecular weight excluding hydrogens is 128 g/mol. The molecule has 0 aromatic carbocycles. The van der Waals surface area contributed by atoms with Crippen LogP contribution >= 0.6 is 0 Å². The zero-order valence-corrected chi connectivity index (χ0v) is 6.12. The zero-order valence-electron chi connectivity index (χ0n) is 6.12. The van der Waals surface area contributed by atoms with Crippen LogP contribution in [0.15, 0.2) is 12.7 Å². The molecule has 2 heteroatoms. The summed E-state index contributed by atoms with van der Waals surface area (Å²) in [6.45, 7) is 4.36. The molecule has 1 N–H and O–H groups in total. The Kier molecular flexibility index (Phi) is 2.90. The van der Waals surface area contributed by atoms with Crippen molar-refractivity contribution in [3.63, 3.8) is 0 Å². The summed E-state index contributed by atoms with van der Waals surface area (Å²) >= 11 is 0. The van der Waals surface area contributed by atoms with Crippen molar-refractivity contribution in [3.8, 4) is 0 Å². The molecule has 0 saturated carbocycles. The lowest BCUT2D eigenvalue weighted by Gasteiger charge is -2.14. The first-order chi connectivity index (χ1) is 4.84. The van der Waals surface area contributed by atoms with Crippen molar-refractivity contribution in [2.24, 2.45) is 0 Å². The first kappa shape index (κ1) is 7.76. The van der Waals surface area contributed by atoms with E-state index in [0.717, 1.165) is 19.4 Å². The minimum atomic E-state index is -0.333. The molecule has 1 rings (SSSR count). The summed E-state index contributed by atoms with van der Waals surface area (Å²) in [7, 11) is 0. The first-order valence-electron chi connectivity index (χ1n) is 3.75. The van der Waals surface area contributed by atoms with Crippen molar-refractivity contribution < 1.29 is 9.84 Å². The van der Waals surface area contributed by atoms with Crippen LogP contribution in [0.5, 0.6) is 0 Å². The van der Waals surface area contributed by atoms with Crippen LogP contribution in [0, 0.1) is 0 Å². The summed E-state index contributed by atoms with van der Waals surface area (Å²) in [4.78, 5) is 0. The Labute approximate surface area is 61.5 Å².